The van der Waals surface area contributed by atoms with Crippen molar-refractivity contribution in [1.82, 2.24) is 0 Å². The minimum Gasteiger partial charge on any atom is -0.496 e. The van der Waals surface area contributed by atoms with Crippen LogP contribution in [0.15, 0.2) is 23.8 Å². The Hall–Kier alpha value is -1.28. The lowest BCUT2D eigenvalue weighted by molar-refractivity contribution is 0.320. The highest BCUT2D eigenvalue weighted by Crippen LogP contribution is 2.21. The summed E-state index contributed by atoms with van der Waals surface area (Å²) in [6.45, 7) is 6.30. The van der Waals surface area contributed by atoms with E-state index in [9.17, 15) is 5.11 Å². The van der Waals surface area contributed by atoms with Crippen LogP contribution < -0.4 is 4.74 Å². The molecule has 0 bridgehead atoms. The van der Waals surface area contributed by atoms with E-state index in [1.165, 1.54) is 0 Å². The molecule has 0 spiro atoms. The third kappa shape index (κ3) is 3.11. The van der Waals surface area contributed by atoms with Crippen LogP contribution in [0.25, 0.3) is 6.08 Å². The lowest BCUT2D eigenvalue weighted by Gasteiger charge is -2.09. The summed E-state index contributed by atoms with van der Waals surface area (Å²) in [4.78, 5) is 0. The predicted octanol–water partition coefficient (Wildman–Crippen LogP) is 3.04. The number of benzene rings is 1. The van der Waals surface area contributed by atoms with Crippen LogP contribution in [-0.2, 0) is 0 Å². The maximum Gasteiger partial charge on any atom is 0.121 e. The lowest BCUT2D eigenvalue weighted by atomic mass is 10.0. The smallest absolute Gasteiger partial charge is 0.121 e. The molecule has 16 heavy (non-hydrogen) atoms. The monoisotopic (exact) mass is 220 g/mol. The normalized spacial score (nSPS) is 12.0. The third-order valence-corrected chi connectivity index (χ3v) is 2.70. The summed E-state index contributed by atoms with van der Waals surface area (Å²) in [7, 11) is 1.67. The second kappa shape index (κ2) is 5.71. The van der Waals surface area contributed by atoms with Gasteiger partial charge in [0.15, 0.2) is 0 Å². The molecule has 0 heterocycles. The first-order valence-electron chi connectivity index (χ1n) is 5.54. The first kappa shape index (κ1) is 12.8. The van der Waals surface area contributed by atoms with Gasteiger partial charge >= 0.3 is 0 Å². The van der Waals surface area contributed by atoms with E-state index in [-0.39, 0.29) is 6.61 Å². The standard InChI is InChI=1S/C14H20O2/c1-10(2)13(9-15)8-12-5-6-14(16-4)11(3)7-12/h5-8,10,15H,9H2,1-4H3. The Kier molecular flexibility index (Phi) is 4.56. The van der Waals surface area contributed by atoms with Crippen LogP contribution in [0.5, 0.6) is 5.75 Å². The summed E-state index contributed by atoms with van der Waals surface area (Å²) in [5.41, 5.74) is 3.26. The number of ether oxygens (including phenoxy) is 1. The van der Waals surface area contributed by atoms with Crippen molar-refractivity contribution >= 4 is 6.08 Å². The molecule has 0 amide bonds. The summed E-state index contributed by atoms with van der Waals surface area (Å²) in [6, 6.07) is 6.03. The summed E-state index contributed by atoms with van der Waals surface area (Å²) in [6.07, 6.45) is 2.04. The van der Waals surface area contributed by atoms with E-state index in [1.807, 2.05) is 25.1 Å². The van der Waals surface area contributed by atoms with Gasteiger partial charge in [-0.25, -0.2) is 0 Å². The highest BCUT2D eigenvalue weighted by Gasteiger charge is 2.03. The van der Waals surface area contributed by atoms with Crippen molar-refractivity contribution in [1.29, 1.82) is 0 Å². The predicted molar refractivity (Wildman–Crippen MR) is 67.6 cm³/mol. The van der Waals surface area contributed by atoms with Crippen LogP contribution in [0.4, 0.5) is 0 Å². The Balaban J connectivity index is 3.01. The maximum absolute atomic E-state index is 9.23. The molecular formula is C14H20O2. The molecule has 1 rings (SSSR count). The minimum absolute atomic E-state index is 0.114. The van der Waals surface area contributed by atoms with Gasteiger partial charge in [0.25, 0.3) is 0 Å². The van der Waals surface area contributed by atoms with E-state index in [2.05, 4.69) is 19.9 Å². The second-order valence-electron chi connectivity index (χ2n) is 4.26. The van der Waals surface area contributed by atoms with Crippen molar-refractivity contribution in [3.8, 4) is 5.75 Å². The summed E-state index contributed by atoms with van der Waals surface area (Å²) in [5, 5.41) is 9.23. The number of rotatable bonds is 4. The van der Waals surface area contributed by atoms with Gasteiger partial charge in [0.05, 0.1) is 13.7 Å². The van der Waals surface area contributed by atoms with Gasteiger partial charge < -0.3 is 9.84 Å². The first-order valence-corrected chi connectivity index (χ1v) is 5.54. The van der Waals surface area contributed by atoms with E-state index < -0.39 is 0 Å². The molecule has 0 fully saturated rings. The SMILES string of the molecule is COc1ccc(C=C(CO)C(C)C)cc1C. The quantitative estimate of drug-likeness (QED) is 0.845. The Morgan fingerprint density at radius 1 is 1.44 bits per heavy atom. The summed E-state index contributed by atoms with van der Waals surface area (Å²) >= 11 is 0. The molecule has 0 saturated heterocycles. The fourth-order valence-electron chi connectivity index (χ4n) is 1.60. The number of hydrogen-bond donors (Lipinski definition) is 1. The zero-order valence-electron chi connectivity index (χ0n) is 10.4. The molecule has 0 aliphatic heterocycles. The first-order chi connectivity index (χ1) is 7.58. The Morgan fingerprint density at radius 3 is 2.56 bits per heavy atom. The maximum atomic E-state index is 9.23. The fraction of sp³-hybridized carbons (Fsp3) is 0.429. The van der Waals surface area contributed by atoms with Gasteiger partial charge in [-0.3, -0.25) is 0 Å². The minimum atomic E-state index is 0.114. The zero-order valence-corrected chi connectivity index (χ0v) is 10.4. The van der Waals surface area contributed by atoms with E-state index in [4.69, 9.17) is 4.74 Å². The summed E-state index contributed by atoms with van der Waals surface area (Å²) < 4.78 is 5.21. The third-order valence-electron chi connectivity index (χ3n) is 2.70. The number of aliphatic hydroxyl groups is 1. The Labute approximate surface area is 97.6 Å². The zero-order chi connectivity index (χ0) is 12.1. The van der Waals surface area contributed by atoms with E-state index in [1.54, 1.807) is 7.11 Å². The topological polar surface area (TPSA) is 29.5 Å². The second-order valence-corrected chi connectivity index (χ2v) is 4.26. The van der Waals surface area contributed by atoms with Crippen LogP contribution >= 0.6 is 0 Å². The molecule has 0 atom stereocenters. The van der Waals surface area contributed by atoms with Crippen molar-refractivity contribution in [2.24, 2.45) is 5.92 Å². The van der Waals surface area contributed by atoms with Gasteiger partial charge in [0, 0.05) is 0 Å². The Morgan fingerprint density at radius 2 is 2.12 bits per heavy atom. The molecule has 0 unspecified atom stereocenters. The van der Waals surface area contributed by atoms with E-state index in [0.29, 0.717) is 5.92 Å². The van der Waals surface area contributed by atoms with Gasteiger partial charge in [-0.05, 0) is 41.7 Å². The van der Waals surface area contributed by atoms with Gasteiger partial charge in [-0.1, -0.05) is 26.0 Å². The molecule has 0 aromatic heterocycles. The van der Waals surface area contributed by atoms with Crippen LogP contribution in [0, 0.1) is 12.8 Å². The molecule has 0 saturated carbocycles. The molecule has 88 valence electrons. The molecule has 0 radical (unpaired) electrons. The molecular weight excluding hydrogens is 200 g/mol. The number of aliphatic hydroxyl groups excluding tert-OH is 1. The van der Waals surface area contributed by atoms with Gasteiger partial charge in [-0.2, -0.15) is 0 Å². The van der Waals surface area contributed by atoms with Gasteiger partial charge in [0.2, 0.25) is 0 Å². The van der Waals surface area contributed by atoms with Crippen molar-refractivity contribution in [3.63, 3.8) is 0 Å². The van der Waals surface area contributed by atoms with Crippen molar-refractivity contribution < 1.29 is 9.84 Å². The highest BCUT2D eigenvalue weighted by molar-refractivity contribution is 5.56. The largest absolute Gasteiger partial charge is 0.496 e. The molecule has 1 aromatic rings. The van der Waals surface area contributed by atoms with Crippen LogP contribution in [0.1, 0.15) is 25.0 Å². The summed E-state index contributed by atoms with van der Waals surface area (Å²) in [5.74, 6) is 1.26. The number of methoxy groups -OCH3 is 1. The molecule has 0 aliphatic rings. The van der Waals surface area contributed by atoms with Crippen LogP contribution in [0.2, 0.25) is 0 Å². The van der Waals surface area contributed by atoms with E-state index >= 15 is 0 Å². The van der Waals surface area contributed by atoms with Crippen LogP contribution in [0.3, 0.4) is 0 Å². The van der Waals surface area contributed by atoms with Gasteiger partial charge in [0.1, 0.15) is 5.75 Å². The van der Waals surface area contributed by atoms with Crippen molar-refractivity contribution in [2.45, 2.75) is 20.8 Å². The van der Waals surface area contributed by atoms with Crippen molar-refractivity contribution in [2.75, 3.05) is 13.7 Å². The molecule has 1 N–H and O–H groups in total. The highest BCUT2D eigenvalue weighted by atomic mass is 16.5. The lowest BCUT2D eigenvalue weighted by Crippen LogP contribution is -1.99. The average Bonchev–Trinajstić information content (AvgIpc) is 2.25. The van der Waals surface area contributed by atoms with Crippen LogP contribution in [-0.4, -0.2) is 18.8 Å². The van der Waals surface area contributed by atoms with Crippen molar-refractivity contribution in [3.05, 3.63) is 34.9 Å². The molecule has 2 heteroatoms. The molecule has 0 aliphatic carbocycles. The number of hydrogen-bond acceptors (Lipinski definition) is 2. The Bertz CT molecular complexity index is 378. The fourth-order valence-corrected chi connectivity index (χ4v) is 1.60. The molecule has 1 aromatic carbocycles. The molecule has 2 nitrogen and oxygen atoms in total. The van der Waals surface area contributed by atoms with Gasteiger partial charge in [-0.15, -0.1) is 0 Å². The van der Waals surface area contributed by atoms with E-state index in [0.717, 1.165) is 22.4 Å². The average molecular weight is 220 g/mol. The number of aryl methyl sites for hydroxylation is 1.